The van der Waals surface area contributed by atoms with Gasteiger partial charge in [0.25, 0.3) is 0 Å². The van der Waals surface area contributed by atoms with Crippen LogP contribution in [0.1, 0.15) is 23.6 Å². The fourth-order valence-corrected chi connectivity index (χ4v) is 3.13. The van der Waals surface area contributed by atoms with E-state index in [9.17, 15) is 0 Å². The topological polar surface area (TPSA) is 9.23 Å². The van der Waals surface area contributed by atoms with Crippen LogP contribution in [0.5, 0.6) is 0 Å². The van der Waals surface area contributed by atoms with Gasteiger partial charge in [-0.05, 0) is 24.8 Å². The van der Waals surface area contributed by atoms with Gasteiger partial charge < -0.3 is 4.74 Å². The monoisotopic (exact) mass is 216 g/mol. The summed E-state index contributed by atoms with van der Waals surface area (Å²) >= 11 is 8.11. The fraction of sp³-hybridized carbons (Fsp3) is 0.600. The van der Waals surface area contributed by atoms with E-state index in [0.717, 1.165) is 13.0 Å². The number of ether oxygens (including phenoxy) is 1. The molecule has 1 aromatic rings. The van der Waals surface area contributed by atoms with Crippen LogP contribution >= 0.6 is 22.9 Å². The summed E-state index contributed by atoms with van der Waals surface area (Å²) in [7, 11) is 0. The Morgan fingerprint density at radius 1 is 1.69 bits per heavy atom. The molecule has 1 fully saturated rings. The zero-order valence-electron chi connectivity index (χ0n) is 7.57. The summed E-state index contributed by atoms with van der Waals surface area (Å²) in [6.07, 6.45) is 1.40. The van der Waals surface area contributed by atoms with E-state index in [1.165, 1.54) is 4.88 Å². The molecular weight excluding hydrogens is 204 g/mol. The van der Waals surface area contributed by atoms with Gasteiger partial charge in [0.1, 0.15) is 0 Å². The van der Waals surface area contributed by atoms with Crippen molar-refractivity contribution in [2.45, 2.75) is 24.8 Å². The number of hydrogen-bond donors (Lipinski definition) is 0. The molecule has 1 nitrogen and oxygen atoms in total. The summed E-state index contributed by atoms with van der Waals surface area (Å²) in [6, 6.07) is 4.16. The van der Waals surface area contributed by atoms with Gasteiger partial charge in [0.15, 0.2) is 0 Å². The number of rotatable bonds is 2. The Morgan fingerprint density at radius 2 is 2.54 bits per heavy atom. The molecular formula is C10H13ClOS. The second kappa shape index (κ2) is 3.99. The second-order valence-corrected chi connectivity index (χ2v) is 4.90. The van der Waals surface area contributed by atoms with Crippen LogP contribution in [0.3, 0.4) is 0 Å². The molecule has 3 heteroatoms. The van der Waals surface area contributed by atoms with E-state index in [1.54, 1.807) is 11.3 Å². The molecule has 2 rings (SSSR count). The van der Waals surface area contributed by atoms with E-state index < -0.39 is 0 Å². The smallest absolute Gasteiger partial charge is 0.0732 e. The van der Waals surface area contributed by atoms with Crippen molar-refractivity contribution in [1.29, 1.82) is 0 Å². The van der Waals surface area contributed by atoms with Gasteiger partial charge in [-0.3, -0.25) is 0 Å². The first-order valence-corrected chi connectivity index (χ1v) is 5.89. The van der Waals surface area contributed by atoms with Crippen molar-refractivity contribution in [1.82, 2.24) is 0 Å². The Balaban J connectivity index is 2.08. The fourth-order valence-electron chi connectivity index (χ4n) is 1.79. The molecule has 1 saturated heterocycles. The van der Waals surface area contributed by atoms with Crippen molar-refractivity contribution in [3.05, 3.63) is 22.4 Å². The number of halogens is 1. The van der Waals surface area contributed by atoms with Crippen molar-refractivity contribution < 1.29 is 4.74 Å². The third-order valence-corrected chi connectivity index (χ3v) is 4.27. The van der Waals surface area contributed by atoms with Crippen molar-refractivity contribution in [2.75, 3.05) is 6.61 Å². The maximum atomic E-state index is 6.38. The van der Waals surface area contributed by atoms with Gasteiger partial charge in [-0.1, -0.05) is 6.07 Å². The van der Waals surface area contributed by atoms with Crippen molar-refractivity contribution in [3.63, 3.8) is 0 Å². The van der Waals surface area contributed by atoms with E-state index in [2.05, 4.69) is 24.4 Å². The van der Waals surface area contributed by atoms with E-state index in [-0.39, 0.29) is 5.38 Å². The lowest BCUT2D eigenvalue weighted by atomic mass is 9.97. The van der Waals surface area contributed by atoms with E-state index >= 15 is 0 Å². The molecule has 1 aromatic heterocycles. The summed E-state index contributed by atoms with van der Waals surface area (Å²) in [5.74, 6) is 0.486. The maximum Gasteiger partial charge on any atom is 0.0732 e. The summed E-state index contributed by atoms with van der Waals surface area (Å²) in [5, 5.41) is 2.21. The largest absolute Gasteiger partial charge is 0.378 e. The molecule has 3 unspecified atom stereocenters. The third kappa shape index (κ3) is 1.90. The molecule has 0 spiro atoms. The van der Waals surface area contributed by atoms with E-state index in [4.69, 9.17) is 16.3 Å². The van der Waals surface area contributed by atoms with Crippen molar-refractivity contribution in [3.8, 4) is 0 Å². The Kier molecular flexibility index (Phi) is 2.92. The Labute approximate surface area is 87.7 Å². The van der Waals surface area contributed by atoms with Crippen LogP contribution in [0, 0.1) is 5.92 Å². The molecule has 0 bridgehead atoms. The van der Waals surface area contributed by atoms with Gasteiger partial charge in [-0.2, -0.15) is 0 Å². The molecule has 0 radical (unpaired) electrons. The highest BCUT2D eigenvalue weighted by atomic mass is 35.5. The van der Waals surface area contributed by atoms with Crippen LogP contribution in [0.15, 0.2) is 17.5 Å². The Bertz CT molecular complexity index is 260. The summed E-state index contributed by atoms with van der Waals surface area (Å²) < 4.78 is 5.50. The molecule has 0 N–H and O–H groups in total. The highest BCUT2D eigenvalue weighted by molar-refractivity contribution is 7.10. The van der Waals surface area contributed by atoms with Gasteiger partial charge >= 0.3 is 0 Å². The zero-order valence-corrected chi connectivity index (χ0v) is 9.15. The van der Waals surface area contributed by atoms with Crippen LogP contribution in [0.25, 0.3) is 0 Å². The standard InChI is InChI=1S/C10H13ClOS/c1-7-8(4-5-12-7)10(11)9-3-2-6-13-9/h2-3,6-8,10H,4-5H2,1H3. The van der Waals surface area contributed by atoms with Crippen LogP contribution in [-0.4, -0.2) is 12.7 Å². The lowest BCUT2D eigenvalue weighted by molar-refractivity contribution is 0.105. The van der Waals surface area contributed by atoms with E-state index in [0.29, 0.717) is 12.0 Å². The molecule has 1 aliphatic heterocycles. The summed E-state index contributed by atoms with van der Waals surface area (Å²) in [4.78, 5) is 1.27. The minimum Gasteiger partial charge on any atom is -0.378 e. The van der Waals surface area contributed by atoms with Gasteiger partial charge in [0, 0.05) is 17.4 Å². The predicted molar refractivity (Wildman–Crippen MR) is 56.4 cm³/mol. The predicted octanol–water partition coefficient (Wildman–Crippen LogP) is 3.45. The first kappa shape index (κ1) is 9.50. The minimum absolute atomic E-state index is 0.137. The Morgan fingerprint density at radius 3 is 3.08 bits per heavy atom. The molecule has 0 saturated carbocycles. The molecule has 0 aliphatic carbocycles. The lowest BCUT2D eigenvalue weighted by Gasteiger charge is -2.18. The van der Waals surface area contributed by atoms with Crippen LogP contribution in [-0.2, 0) is 4.74 Å². The van der Waals surface area contributed by atoms with Gasteiger partial charge in [0.05, 0.1) is 11.5 Å². The highest BCUT2D eigenvalue weighted by Crippen LogP contribution is 2.39. The van der Waals surface area contributed by atoms with E-state index in [1.807, 2.05) is 0 Å². The quantitative estimate of drug-likeness (QED) is 0.689. The molecule has 13 heavy (non-hydrogen) atoms. The highest BCUT2D eigenvalue weighted by Gasteiger charge is 2.31. The second-order valence-electron chi connectivity index (χ2n) is 3.45. The minimum atomic E-state index is 0.137. The Hall–Kier alpha value is -0.0500. The van der Waals surface area contributed by atoms with Crippen LogP contribution in [0.2, 0.25) is 0 Å². The summed E-state index contributed by atoms with van der Waals surface area (Å²) in [5.41, 5.74) is 0. The molecule has 0 aromatic carbocycles. The van der Waals surface area contributed by atoms with Crippen LogP contribution < -0.4 is 0 Å². The molecule has 0 amide bonds. The number of alkyl halides is 1. The molecule has 3 atom stereocenters. The SMILES string of the molecule is CC1OCCC1C(Cl)c1cccs1. The molecule has 72 valence electrons. The van der Waals surface area contributed by atoms with Crippen molar-refractivity contribution >= 4 is 22.9 Å². The maximum absolute atomic E-state index is 6.38. The molecule has 2 heterocycles. The van der Waals surface area contributed by atoms with Gasteiger partial charge in [0.2, 0.25) is 0 Å². The van der Waals surface area contributed by atoms with Crippen molar-refractivity contribution in [2.24, 2.45) is 5.92 Å². The summed E-state index contributed by atoms with van der Waals surface area (Å²) in [6.45, 7) is 2.97. The number of thiophene rings is 1. The third-order valence-electron chi connectivity index (χ3n) is 2.63. The molecule has 1 aliphatic rings. The van der Waals surface area contributed by atoms with Crippen LogP contribution in [0.4, 0.5) is 0 Å². The normalized spacial score (nSPS) is 30.6. The average Bonchev–Trinajstić information content (AvgIpc) is 2.72. The van der Waals surface area contributed by atoms with Gasteiger partial charge in [-0.15, -0.1) is 22.9 Å². The first-order chi connectivity index (χ1) is 6.29. The zero-order chi connectivity index (χ0) is 9.26. The number of hydrogen-bond acceptors (Lipinski definition) is 2. The lowest BCUT2D eigenvalue weighted by Crippen LogP contribution is -2.15. The first-order valence-electron chi connectivity index (χ1n) is 4.58. The van der Waals surface area contributed by atoms with Gasteiger partial charge in [-0.25, -0.2) is 0 Å². The average molecular weight is 217 g/mol.